The van der Waals surface area contributed by atoms with Gasteiger partial charge in [-0.2, -0.15) is 0 Å². The first-order valence-corrected chi connectivity index (χ1v) is 7.69. The van der Waals surface area contributed by atoms with Crippen LogP contribution in [-0.2, 0) is 6.42 Å². The highest BCUT2D eigenvalue weighted by atomic mass is 14.2. The quantitative estimate of drug-likeness (QED) is 0.647. The molecule has 0 aromatic heterocycles. The fraction of sp³-hybridized carbons (Fsp3) is 0.400. The van der Waals surface area contributed by atoms with Crippen molar-refractivity contribution in [1.82, 2.24) is 0 Å². The maximum atomic E-state index is 2.32. The molecule has 20 heavy (non-hydrogen) atoms. The largest absolute Gasteiger partial charge is 0.0651 e. The Morgan fingerprint density at radius 2 is 1.30 bits per heavy atom. The summed E-state index contributed by atoms with van der Waals surface area (Å²) in [6.45, 7) is 9.00. The molecule has 0 nitrogen and oxygen atoms in total. The second-order valence-electron chi connectivity index (χ2n) is 5.76. The van der Waals surface area contributed by atoms with Crippen molar-refractivity contribution >= 4 is 0 Å². The first-order chi connectivity index (χ1) is 9.63. The lowest BCUT2D eigenvalue weighted by molar-refractivity contribution is 0.371. The van der Waals surface area contributed by atoms with E-state index >= 15 is 0 Å². The van der Waals surface area contributed by atoms with Gasteiger partial charge in [0.15, 0.2) is 0 Å². The van der Waals surface area contributed by atoms with E-state index in [2.05, 4.69) is 70.2 Å². The molecule has 0 amide bonds. The van der Waals surface area contributed by atoms with Crippen LogP contribution in [0.15, 0.2) is 60.7 Å². The molecule has 0 saturated carbocycles. The minimum Gasteiger partial charge on any atom is -0.0651 e. The summed E-state index contributed by atoms with van der Waals surface area (Å²) in [6, 6.07) is 21.1. The summed E-state index contributed by atoms with van der Waals surface area (Å²) in [5.74, 6) is 1.63. The minimum absolute atomic E-state index is 0.796. The molecule has 0 heteroatoms. The number of hydrogen-bond acceptors (Lipinski definition) is 0. The van der Waals surface area contributed by atoms with Gasteiger partial charge in [0.2, 0.25) is 0 Å². The summed E-state index contributed by atoms with van der Waals surface area (Å²) in [4.78, 5) is 0. The van der Waals surface area contributed by atoms with Crippen molar-refractivity contribution in [3.8, 4) is 0 Å². The van der Waals surface area contributed by atoms with E-state index < -0.39 is 0 Å². The van der Waals surface area contributed by atoms with Crippen LogP contribution in [0.2, 0.25) is 0 Å². The molecule has 0 fully saturated rings. The summed E-state index contributed by atoms with van der Waals surface area (Å²) >= 11 is 0. The van der Waals surface area contributed by atoms with Gasteiger partial charge in [-0.05, 0) is 30.7 Å². The lowest BCUT2D eigenvalue weighted by Crippen LogP contribution is -2.10. The van der Waals surface area contributed by atoms with E-state index in [4.69, 9.17) is 0 Å². The van der Waals surface area contributed by atoms with E-state index in [-0.39, 0.29) is 0 Å². The fourth-order valence-electron chi connectivity index (χ4n) is 2.30. The molecule has 0 N–H and O–H groups in total. The van der Waals surface area contributed by atoms with Gasteiger partial charge in [0.05, 0.1) is 0 Å². The summed E-state index contributed by atoms with van der Waals surface area (Å²) in [5.41, 5.74) is 2.80. The highest BCUT2D eigenvalue weighted by Crippen LogP contribution is 2.19. The monoisotopic (exact) mass is 268 g/mol. The third-order valence-corrected chi connectivity index (χ3v) is 3.75. The van der Waals surface area contributed by atoms with E-state index in [1.807, 2.05) is 18.2 Å². The topological polar surface area (TPSA) is 0 Å². The predicted molar refractivity (Wildman–Crippen MR) is 89.9 cm³/mol. The Balaban J connectivity index is 0.000000240. The summed E-state index contributed by atoms with van der Waals surface area (Å²) in [5, 5.41) is 0. The van der Waals surface area contributed by atoms with Crippen molar-refractivity contribution in [2.24, 2.45) is 11.8 Å². The molecular formula is C20H28. The molecular weight excluding hydrogens is 240 g/mol. The van der Waals surface area contributed by atoms with Gasteiger partial charge in [-0.15, -0.1) is 0 Å². The van der Waals surface area contributed by atoms with Gasteiger partial charge in [0.25, 0.3) is 0 Å². The maximum absolute atomic E-state index is 2.32. The average molecular weight is 268 g/mol. The van der Waals surface area contributed by atoms with Crippen LogP contribution in [0, 0.1) is 18.8 Å². The molecule has 1 unspecified atom stereocenters. The van der Waals surface area contributed by atoms with Crippen LogP contribution in [-0.4, -0.2) is 0 Å². The average Bonchev–Trinajstić information content (AvgIpc) is 2.47. The third-order valence-electron chi connectivity index (χ3n) is 3.75. The lowest BCUT2D eigenvalue weighted by Gasteiger charge is -2.18. The van der Waals surface area contributed by atoms with Crippen molar-refractivity contribution < 1.29 is 0 Å². The van der Waals surface area contributed by atoms with Crippen molar-refractivity contribution in [1.29, 1.82) is 0 Å². The Labute approximate surface area is 124 Å². The molecule has 0 aliphatic rings. The standard InChI is InChI=1S/C13H20.C7H8/c1-4-13(11(2)3)10-12-8-6-5-7-9-12;1-7-5-3-2-4-6-7/h5-9,11,13H,4,10H2,1-3H3;2-6H,1H3. The van der Waals surface area contributed by atoms with Crippen LogP contribution in [0.25, 0.3) is 0 Å². The van der Waals surface area contributed by atoms with Crippen molar-refractivity contribution in [2.45, 2.75) is 40.5 Å². The number of benzene rings is 2. The molecule has 0 aliphatic carbocycles. The van der Waals surface area contributed by atoms with Crippen molar-refractivity contribution in [3.63, 3.8) is 0 Å². The Hall–Kier alpha value is -1.56. The van der Waals surface area contributed by atoms with Crippen molar-refractivity contribution in [2.75, 3.05) is 0 Å². The van der Waals surface area contributed by atoms with E-state index in [0.717, 1.165) is 11.8 Å². The van der Waals surface area contributed by atoms with E-state index in [9.17, 15) is 0 Å². The Morgan fingerprint density at radius 1 is 0.800 bits per heavy atom. The number of rotatable bonds is 4. The van der Waals surface area contributed by atoms with Crippen LogP contribution < -0.4 is 0 Å². The molecule has 0 bridgehead atoms. The van der Waals surface area contributed by atoms with Crippen LogP contribution >= 0.6 is 0 Å². The molecule has 2 aromatic carbocycles. The maximum Gasteiger partial charge on any atom is -0.0248 e. The molecule has 0 saturated heterocycles. The summed E-state index contributed by atoms with van der Waals surface area (Å²) in [7, 11) is 0. The first kappa shape index (κ1) is 16.5. The zero-order valence-corrected chi connectivity index (χ0v) is 13.3. The normalized spacial score (nSPS) is 11.7. The molecule has 2 rings (SSSR count). The smallest absolute Gasteiger partial charge is 0.0248 e. The molecule has 0 radical (unpaired) electrons. The second kappa shape index (κ2) is 9.36. The van der Waals surface area contributed by atoms with Gasteiger partial charge in [0.1, 0.15) is 0 Å². The molecule has 0 spiro atoms. The van der Waals surface area contributed by atoms with Gasteiger partial charge < -0.3 is 0 Å². The fourth-order valence-corrected chi connectivity index (χ4v) is 2.30. The van der Waals surface area contributed by atoms with E-state index in [1.54, 1.807) is 0 Å². The molecule has 108 valence electrons. The van der Waals surface area contributed by atoms with Crippen LogP contribution in [0.5, 0.6) is 0 Å². The van der Waals surface area contributed by atoms with Gasteiger partial charge >= 0.3 is 0 Å². The first-order valence-electron chi connectivity index (χ1n) is 7.69. The number of aryl methyl sites for hydroxylation is 1. The highest BCUT2D eigenvalue weighted by Gasteiger charge is 2.10. The van der Waals surface area contributed by atoms with E-state index in [0.29, 0.717) is 0 Å². The lowest BCUT2D eigenvalue weighted by atomic mass is 9.87. The second-order valence-corrected chi connectivity index (χ2v) is 5.76. The molecule has 0 heterocycles. The van der Waals surface area contributed by atoms with Gasteiger partial charge in [-0.1, -0.05) is 93.4 Å². The van der Waals surface area contributed by atoms with Crippen LogP contribution in [0.1, 0.15) is 38.3 Å². The van der Waals surface area contributed by atoms with Gasteiger partial charge in [-0.25, -0.2) is 0 Å². The van der Waals surface area contributed by atoms with Gasteiger partial charge in [0, 0.05) is 0 Å². The molecule has 1 atom stereocenters. The van der Waals surface area contributed by atoms with Gasteiger partial charge in [-0.3, -0.25) is 0 Å². The zero-order valence-electron chi connectivity index (χ0n) is 13.3. The predicted octanol–water partition coefficient (Wildman–Crippen LogP) is 5.91. The summed E-state index contributed by atoms with van der Waals surface area (Å²) < 4.78 is 0. The Bertz CT molecular complexity index is 442. The Morgan fingerprint density at radius 3 is 1.65 bits per heavy atom. The molecule has 2 aromatic rings. The Kier molecular flexibility index (Phi) is 7.72. The van der Waals surface area contributed by atoms with Crippen LogP contribution in [0.4, 0.5) is 0 Å². The van der Waals surface area contributed by atoms with E-state index in [1.165, 1.54) is 24.0 Å². The van der Waals surface area contributed by atoms with Crippen molar-refractivity contribution in [3.05, 3.63) is 71.8 Å². The highest BCUT2D eigenvalue weighted by molar-refractivity contribution is 5.15. The number of hydrogen-bond donors (Lipinski definition) is 0. The third kappa shape index (κ3) is 6.56. The SMILES string of the molecule is CCC(Cc1ccccc1)C(C)C.Cc1ccccc1. The molecule has 0 aliphatic heterocycles. The zero-order chi connectivity index (χ0) is 14.8. The van der Waals surface area contributed by atoms with Crippen LogP contribution in [0.3, 0.4) is 0 Å². The summed E-state index contributed by atoms with van der Waals surface area (Å²) in [6.07, 6.45) is 2.52. The minimum atomic E-state index is 0.796.